The molecule has 2 aliphatic rings. The molecule has 2 heterocycles. The molecule has 3 rings (SSSR count). The van der Waals surface area contributed by atoms with E-state index < -0.39 is 5.60 Å². The second kappa shape index (κ2) is 7.57. The lowest BCUT2D eigenvalue weighted by molar-refractivity contribution is -0.135. The Morgan fingerprint density at radius 1 is 1.35 bits per heavy atom. The largest absolute Gasteiger partial charge is 0.387 e. The van der Waals surface area contributed by atoms with Crippen molar-refractivity contribution in [1.82, 2.24) is 19.8 Å². The number of nitrogens with one attached hydrogen (secondary N) is 1. The van der Waals surface area contributed by atoms with Crippen LogP contribution in [0.2, 0.25) is 0 Å². The van der Waals surface area contributed by atoms with Gasteiger partial charge in [0.15, 0.2) is 0 Å². The van der Waals surface area contributed by atoms with E-state index in [0.717, 1.165) is 12.2 Å². The second-order valence-electron chi connectivity index (χ2n) is 7.68. The molecule has 2 N–H and O–H groups in total. The first-order chi connectivity index (χ1) is 12.3. The van der Waals surface area contributed by atoms with Gasteiger partial charge in [-0.1, -0.05) is 0 Å². The molecule has 1 unspecified atom stereocenters. The Bertz CT molecular complexity index is 659. The van der Waals surface area contributed by atoms with Crippen LogP contribution in [0.25, 0.3) is 0 Å². The Kier molecular flexibility index (Phi) is 5.41. The van der Waals surface area contributed by atoms with Gasteiger partial charge in [0.2, 0.25) is 5.91 Å². The van der Waals surface area contributed by atoms with Gasteiger partial charge in [0.25, 0.3) is 0 Å². The highest BCUT2D eigenvalue weighted by Crippen LogP contribution is 2.31. The predicted molar refractivity (Wildman–Crippen MR) is 96.5 cm³/mol. The number of amides is 3. The number of hydrogen-bond acceptors (Lipinski definition) is 5. The van der Waals surface area contributed by atoms with Crippen LogP contribution >= 0.6 is 0 Å². The van der Waals surface area contributed by atoms with Crippen molar-refractivity contribution in [3.8, 4) is 0 Å². The zero-order chi connectivity index (χ0) is 18.7. The van der Waals surface area contributed by atoms with Crippen LogP contribution < -0.4 is 5.32 Å². The van der Waals surface area contributed by atoms with Crippen LogP contribution in [0.1, 0.15) is 37.9 Å². The van der Waals surface area contributed by atoms with Crippen LogP contribution in [-0.4, -0.2) is 69.6 Å². The van der Waals surface area contributed by atoms with Crippen LogP contribution in [0.4, 0.5) is 10.5 Å². The third-order valence-corrected chi connectivity index (χ3v) is 4.95. The summed E-state index contributed by atoms with van der Waals surface area (Å²) in [6.45, 7) is 0.684. The van der Waals surface area contributed by atoms with Crippen molar-refractivity contribution in [3.63, 3.8) is 0 Å². The summed E-state index contributed by atoms with van der Waals surface area (Å²) in [7, 11) is 3.32. The molecule has 3 amide bonds. The third kappa shape index (κ3) is 4.91. The number of aromatic nitrogens is 2. The minimum atomic E-state index is -1.18. The number of carbonyl (C=O) groups excluding carboxylic acids is 2. The van der Waals surface area contributed by atoms with Crippen molar-refractivity contribution < 1.29 is 14.7 Å². The Balaban J connectivity index is 1.55. The average molecular weight is 361 g/mol. The van der Waals surface area contributed by atoms with Gasteiger partial charge in [-0.25, -0.2) is 14.8 Å². The number of carbonyl (C=O) groups is 2. The normalized spacial score (nSPS) is 22.8. The van der Waals surface area contributed by atoms with E-state index in [4.69, 9.17) is 0 Å². The van der Waals surface area contributed by atoms with Gasteiger partial charge in [0.05, 0.1) is 36.6 Å². The first-order valence-corrected chi connectivity index (χ1v) is 9.14. The summed E-state index contributed by atoms with van der Waals surface area (Å²) in [4.78, 5) is 36.0. The number of hydrogen-bond donors (Lipinski definition) is 2. The fourth-order valence-corrected chi connectivity index (χ4v) is 3.18. The van der Waals surface area contributed by atoms with E-state index in [1.165, 1.54) is 17.7 Å². The fourth-order valence-electron chi connectivity index (χ4n) is 3.18. The molecule has 1 saturated heterocycles. The Labute approximate surface area is 153 Å². The number of anilines is 1. The summed E-state index contributed by atoms with van der Waals surface area (Å²) in [5.41, 5.74) is -0.644. The monoisotopic (exact) mass is 361 g/mol. The molecule has 1 aromatic heterocycles. The van der Waals surface area contributed by atoms with Crippen molar-refractivity contribution in [2.45, 2.75) is 44.1 Å². The number of piperidine rings is 1. The van der Waals surface area contributed by atoms with E-state index >= 15 is 0 Å². The smallest absolute Gasteiger partial charge is 0.322 e. The molecule has 0 radical (unpaired) electrons. The molecule has 1 aliphatic heterocycles. The van der Waals surface area contributed by atoms with Crippen molar-refractivity contribution >= 4 is 17.6 Å². The molecule has 26 heavy (non-hydrogen) atoms. The van der Waals surface area contributed by atoms with Gasteiger partial charge in [-0.3, -0.25) is 4.79 Å². The summed E-state index contributed by atoms with van der Waals surface area (Å²) >= 11 is 0. The average Bonchev–Trinajstić information content (AvgIpc) is 3.40. The third-order valence-electron chi connectivity index (χ3n) is 4.95. The highest BCUT2D eigenvalue weighted by Gasteiger charge is 2.37. The maximum absolute atomic E-state index is 12.5. The molecule has 0 spiro atoms. The van der Waals surface area contributed by atoms with E-state index in [1.54, 1.807) is 31.4 Å². The maximum atomic E-state index is 12.5. The van der Waals surface area contributed by atoms with Crippen LogP contribution in [0, 0.1) is 5.92 Å². The fraction of sp³-hybridized carbons (Fsp3) is 0.667. The van der Waals surface area contributed by atoms with Crippen LogP contribution in [0.5, 0.6) is 0 Å². The summed E-state index contributed by atoms with van der Waals surface area (Å²) in [5.74, 6) is 1.38. The van der Waals surface area contributed by atoms with Gasteiger partial charge < -0.3 is 20.2 Å². The summed E-state index contributed by atoms with van der Waals surface area (Å²) in [6.07, 6.45) is 7.81. The summed E-state index contributed by atoms with van der Waals surface area (Å²) in [5, 5.41) is 13.5. The van der Waals surface area contributed by atoms with Crippen LogP contribution in [0.3, 0.4) is 0 Å². The maximum Gasteiger partial charge on any atom is 0.322 e. The first-order valence-electron chi connectivity index (χ1n) is 9.14. The van der Waals surface area contributed by atoms with Crippen molar-refractivity contribution in [2.75, 3.05) is 32.5 Å². The zero-order valence-corrected chi connectivity index (χ0v) is 15.4. The molecule has 1 saturated carbocycles. The molecule has 1 aliphatic carbocycles. The second-order valence-corrected chi connectivity index (χ2v) is 7.68. The molecule has 1 atom stereocenters. The lowest BCUT2D eigenvalue weighted by atomic mass is 9.89. The van der Waals surface area contributed by atoms with E-state index in [1.807, 2.05) is 0 Å². The first kappa shape index (κ1) is 18.6. The van der Waals surface area contributed by atoms with Gasteiger partial charge in [-0.05, 0) is 31.6 Å². The zero-order valence-electron chi connectivity index (χ0n) is 15.4. The molecule has 1 aromatic rings. The number of β-amino-alcohol motifs (C(OH)–C–C–N with tert-alkyl or cyclic N) is 1. The predicted octanol–water partition coefficient (Wildman–Crippen LogP) is 1.27. The number of likely N-dealkylation sites (tertiary alicyclic amines) is 1. The lowest BCUT2D eigenvalue weighted by Gasteiger charge is -2.39. The van der Waals surface area contributed by atoms with Gasteiger partial charge in [-0.15, -0.1) is 0 Å². The molecule has 0 bridgehead atoms. The molecule has 8 heteroatoms. The van der Waals surface area contributed by atoms with Crippen LogP contribution in [-0.2, 0) is 11.2 Å². The summed E-state index contributed by atoms with van der Waals surface area (Å²) < 4.78 is 0. The SMILES string of the molecule is CN(C)C(=O)CC1(O)CCCN(C(=O)Nc2cnc(CC3CC3)nc2)C1. The van der Waals surface area contributed by atoms with Crippen molar-refractivity contribution in [2.24, 2.45) is 5.92 Å². The summed E-state index contributed by atoms with van der Waals surface area (Å²) in [6, 6.07) is -0.307. The molecule has 0 aromatic carbocycles. The molecule has 8 nitrogen and oxygen atoms in total. The van der Waals surface area contributed by atoms with Gasteiger partial charge in [0, 0.05) is 27.1 Å². The molecular weight excluding hydrogens is 334 g/mol. The van der Waals surface area contributed by atoms with Gasteiger partial charge in [-0.2, -0.15) is 0 Å². The highest BCUT2D eigenvalue weighted by atomic mass is 16.3. The molecule has 2 fully saturated rings. The Morgan fingerprint density at radius 2 is 2.04 bits per heavy atom. The minimum Gasteiger partial charge on any atom is -0.387 e. The van der Waals surface area contributed by atoms with E-state index in [9.17, 15) is 14.7 Å². The Hall–Kier alpha value is -2.22. The van der Waals surface area contributed by atoms with Crippen LogP contribution in [0.15, 0.2) is 12.4 Å². The standard InChI is InChI=1S/C18H27N5O3/c1-22(2)16(24)9-18(26)6-3-7-23(12-18)17(25)21-14-10-19-15(20-11-14)8-13-4-5-13/h10-11,13,26H,3-9,12H2,1-2H3,(H,21,25). The Morgan fingerprint density at radius 3 is 2.65 bits per heavy atom. The van der Waals surface area contributed by atoms with E-state index in [0.29, 0.717) is 31.0 Å². The van der Waals surface area contributed by atoms with E-state index in [2.05, 4.69) is 15.3 Å². The van der Waals surface area contributed by atoms with E-state index in [-0.39, 0.29) is 24.9 Å². The minimum absolute atomic E-state index is 0.0166. The number of aliphatic hydroxyl groups is 1. The topological polar surface area (TPSA) is 98.7 Å². The van der Waals surface area contributed by atoms with Crippen molar-refractivity contribution in [3.05, 3.63) is 18.2 Å². The number of nitrogens with zero attached hydrogens (tertiary/aromatic N) is 4. The number of rotatable bonds is 5. The molecular formula is C18H27N5O3. The number of urea groups is 1. The lowest BCUT2D eigenvalue weighted by Crippen LogP contribution is -2.53. The van der Waals surface area contributed by atoms with Gasteiger partial charge in [0.1, 0.15) is 5.82 Å². The quantitative estimate of drug-likeness (QED) is 0.823. The van der Waals surface area contributed by atoms with Crippen molar-refractivity contribution in [1.29, 1.82) is 0 Å². The molecule has 142 valence electrons. The van der Waals surface area contributed by atoms with Gasteiger partial charge >= 0.3 is 6.03 Å². The highest BCUT2D eigenvalue weighted by molar-refractivity contribution is 5.89.